The van der Waals surface area contributed by atoms with Crippen molar-refractivity contribution in [2.45, 2.75) is 37.7 Å². The fourth-order valence-corrected chi connectivity index (χ4v) is 5.61. The van der Waals surface area contributed by atoms with Gasteiger partial charge in [-0.25, -0.2) is 18.4 Å². The van der Waals surface area contributed by atoms with Crippen LogP contribution in [0.1, 0.15) is 37.0 Å². The molecule has 1 aromatic carbocycles. The summed E-state index contributed by atoms with van der Waals surface area (Å²) in [6.45, 7) is 5.34. The Kier molecular flexibility index (Phi) is 7.91. The van der Waals surface area contributed by atoms with Gasteiger partial charge in [-0.1, -0.05) is 13.0 Å². The topological polar surface area (TPSA) is 131 Å². The van der Waals surface area contributed by atoms with E-state index in [1.54, 1.807) is 49.0 Å². The second-order valence-corrected chi connectivity index (χ2v) is 11.2. The molecule has 0 radical (unpaired) electrons. The highest BCUT2D eigenvalue weighted by atomic mass is 32.2. The molecule has 0 saturated carbocycles. The Bertz CT molecular complexity index is 1500. The smallest absolute Gasteiger partial charge is 0.170 e. The average Bonchev–Trinajstić information content (AvgIpc) is 3.33. The summed E-state index contributed by atoms with van der Waals surface area (Å²) in [5.74, 6) is 1.59. The van der Waals surface area contributed by atoms with E-state index in [2.05, 4.69) is 25.1 Å². The lowest BCUT2D eigenvalue weighted by Crippen LogP contribution is -2.27. The first-order chi connectivity index (χ1) is 18.2. The van der Waals surface area contributed by atoms with E-state index in [0.29, 0.717) is 40.1 Å². The van der Waals surface area contributed by atoms with Crippen LogP contribution >= 0.6 is 0 Å². The number of aryl methyl sites for hydroxylation is 1. The van der Waals surface area contributed by atoms with Crippen molar-refractivity contribution in [3.05, 3.63) is 66.3 Å². The second-order valence-electron chi connectivity index (χ2n) is 8.82. The Morgan fingerprint density at radius 3 is 2.16 bits per heavy atom. The maximum Gasteiger partial charge on any atom is 0.170 e. The van der Waals surface area contributed by atoms with Gasteiger partial charge in [-0.05, 0) is 37.6 Å². The maximum atomic E-state index is 13.7. The Morgan fingerprint density at radius 1 is 0.921 bits per heavy atom. The quantitative estimate of drug-likeness (QED) is 0.295. The van der Waals surface area contributed by atoms with E-state index in [9.17, 15) is 8.42 Å². The van der Waals surface area contributed by atoms with Crippen molar-refractivity contribution in [3.63, 3.8) is 0 Å². The monoisotopic (exact) mass is 538 g/mol. The zero-order valence-electron chi connectivity index (χ0n) is 22.1. The van der Waals surface area contributed by atoms with E-state index in [1.807, 2.05) is 13.0 Å². The standard InChI is InChI=1S/C26H30N6O5S/c1-16-10-19(12-27-11-16)26-31-30-23(32(26)24-21(36-5)8-7-9-22(24)37-6)15-38(33,34)18(3)17(2)25-28-13-20(35-4)14-29-25/h7-14,17-18H,15H2,1-6H3/t17-,18-/m0/s1. The second kappa shape index (κ2) is 11.1. The predicted octanol–water partition coefficient (Wildman–Crippen LogP) is 3.56. The third-order valence-electron chi connectivity index (χ3n) is 6.38. The van der Waals surface area contributed by atoms with Gasteiger partial charge in [-0.15, -0.1) is 10.2 Å². The lowest BCUT2D eigenvalue weighted by atomic mass is 10.1. The van der Waals surface area contributed by atoms with Gasteiger partial charge in [0.25, 0.3) is 0 Å². The van der Waals surface area contributed by atoms with Gasteiger partial charge in [0.05, 0.1) is 39.0 Å². The minimum absolute atomic E-state index is 0.207. The lowest BCUT2D eigenvalue weighted by Gasteiger charge is -2.20. The summed E-state index contributed by atoms with van der Waals surface area (Å²) < 4.78 is 45.4. The molecule has 0 saturated heterocycles. The van der Waals surface area contributed by atoms with Crippen LogP contribution in [-0.2, 0) is 15.6 Å². The first-order valence-electron chi connectivity index (χ1n) is 11.8. The highest BCUT2D eigenvalue weighted by Gasteiger charge is 2.33. The number of nitrogens with zero attached hydrogens (tertiary/aromatic N) is 6. The van der Waals surface area contributed by atoms with Crippen LogP contribution in [-0.4, -0.2) is 64.7 Å². The number of pyridine rings is 1. The summed E-state index contributed by atoms with van der Waals surface area (Å²) in [7, 11) is 0.828. The van der Waals surface area contributed by atoms with E-state index < -0.39 is 21.0 Å². The summed E-state index contributed by atoms with van der Waals surface area (Å²) in [5.41, 5.74) is 2.07. The van der Waals surface area contributed by atoms with Crippen LogP contribution < -0.4 is 14.2 Å². The van der Waals surface area contributed by atoms with Crippen LogP contribution in [0.15, 0.2) is 49.1 Å². The zero-order chi connectivity index (χ0) is 27.4. The number of hydrogen-bond acceptors (Lipinski definition) is 10. The molecular weight excluding hydrogens is 508 g/mol. The summed E-state index contributed by atoms with van der Waals surface area (Å²) in [6.07, 6.45) is 6.42. The van der Waals surface area contributed by atoms with E-state index in [1.165, 1.54) is 33.7 Å². The fourth-order valence-electron chi connectivity index (χ4n) is 4.06. The number of rotatable bonds is 10. The normalized spacial score (nSPS) is 13.1. The van der Waals surface area contributed by atoms with E-state index >= 15 is 0 Å². The van der Waals surface area contributed by atoms with Crippen molar-refractivity contribution < 1.29 is 22.6 Å². The third kappa shape index (κ3) is 5.30. The molecule has 200 valence electrons. The molecule has 0 unspecified atom stereocenters. The summed E-state index contributed by atoms with van der Waals surface area (Å²) in [4.78, 5) is 12.8. The summed E-state index contributed by atoms with van der Waals surface area (Å²) in [6, 6.07) is 7.22. The van der Waals surface area contributed by atoms with E-state index in [0.717, 1.165) is 5.56 Å². The molecule has 0 amide bonds. The molecule has 0 aliphatic carbocycles. The SMILES string of the molecule is COc1cnc([C@@H](C)[C@H](C)S(=O)(=O)Cc2nnc(-c3cncc(C)c3)n2-c2c(OC)cccc2OC)nc1. The first kappa shape index (κ1) is 27.0. The minimum atomic E-state index is -3.75. The number of methoxy groups -OCH3 is 3. The van der Waals surface area contributed by atoms with Crippen LogP contribution in [0.2, 0.25) is 0 Å². The average molecular weight is 539 g/mol. The van der Waals surface area contributed by atoms with Gasteiger partial charge in [0.1, 0.15) is 28.8 Å². The summed E-state index contributed by atoms with van der Waals surface area (Å²) in [5, 5.41) is 7.88. The molecule has 12 heteroatoms. The van der Waals surface area contributed by atoms with Crippen LogP contribution in [0.3, 0.4) is 0 Å². The van der Waals surface area contributed by atoms with Crippen molar-refractivity contribution >= 4 is 9.84 Å². The minimum Gasteiger partial charge on any atom is -0.494 e. The number of sulfone groups is 1. The van der Waals surface area contributed by atoms with Gasteiger partial charge < -0.3 is 14.2 Å². The molecule has 3 aromatic heterocycles. The van der Waals surface area contributed by atoms with Gasteiger partial charge in [0, 0.05) is 23.9 Å². The molecule has 38 heavy (non-hydrogen) atoms. The highest BCUT2D eigenvalue weighted by molar-refractivity contribution is 7.91. The molecule has 0 aliphatic heterocycles. The molecule has 4 aromatic rings. The first-order valence-corrected chi connectivity index (χ1v) is 13.6. The van der Waals surface area contributed by atoms with Gasteiger partial charge in [0.15, 0.2) is 27.2 Å². The fraction of sp³-hybridized carbons (Fsp3) is 0.346. The zero-order valence-corrected chi connectivity index (χ0v) is 22.9. The van der Waals surface area contributed by atoms with Crippen molar-refractivity contribution in [3.8, 4) is 34.3 Å². The Hall–Kier alpha value is -4.06. The van der Waals surface area contributed by atoms with E-state index in [-0.39, 0.29) is 11.6 Å². The molecule has 0 aliphatic rings. The van der Waals surface area contributed by atoms with Crippen molar-refractivity contribution in [2.75, 3.05) is 21.3 Å². The number of hydrogen-bond donors (Lipinski definition) is 0. The summed E-state index contributed by atoms with van der Waals surface area (Å²) >= 11 is 0. The maximum absolute atomic E-state index is 13.7. The highest BCUT2D eigenvalue weighted by Crippen LogP contribution is 2.37. The van der Waals surface area contributed by atoms with Crippen molar-refractivity contribution in [1.29, 1.82) is 0 Å². The molecule has 0 bridgehead atoms. The van der Waals surface area contributed by atoms with Crippen molar-refractivity contribution in [2.24, 2.45) is 0 Å². The lowest BCUT2D eigenvalue weighted by molar-refractivity contribution is 0.390. The predicted molar refractivity (Wildman–Crippen MR) is 142 cm³/mol. The van der Waals surface area contributed by atoms with Crippen LogP contribution in [0.5, 0.6) is 17.2 Å². The van der Waals surface area contributed by atoms with Gasteiger partial charge in [0.2, 0.25) is 0 Å². The van der Waals surface area contributed by atoms with E-state index in [4.69, 9.17) is 14.2 Å². The Morgan fingerprint density at radius 2 is 1.58 bits per heavy atom. The number of aromatic nitrogens is 6. The molecule has 4 rings (SSSR count). The Balaban J connectivity index is 1.81. The molecule has 11 nitrogen and oxygen atoms in total. The van der Waals surface area contributed by atoms with Gasteiger partial charge in [-0.3, -0.25) is 9.55 Å². The van der Waals surface area contributed by atoms with Crippen molar-refractivity contribution in [1.82, 2.24) is 29.7 Å². The number of benzene rings is 1. The van der Waals surface area contributed by atoms with Crippen LogP contribution in [0.4, 0.5) is 0 Å². The molecule has 0 spiro atoms. The van der Waals surface area contributed by atoms with Crippen LogP contribution in [0, 0.1) is 6.92 Å². The third-order valence-corrected chi connectivity index (χ3v) is 8.58. The van der Waals surface area contributed by atoms with Gasteiger partial charge >= 0.3 is 0 Å². The molecule has 0 N–H and O–H groups in total. The van der Waals surface area contributed by atoms with Crippen LogP contribution in [0.25, 0.3) is 17.1 Å². The molecule has 2 atom stereocenters. The Labute approximate surface area is 221 Å². The largest absolute Gasteiger partial charge is 0.494 e. The molecular formula is C26H30N6O5S. The number of para-hydroxylation sites is 1. The van der Waals surface area contributed by atoms with Gasteiger partial charge in [-0.2, -0.15) is 0 Å². The molecule has 3 heterocycles. The molecule has 0 fully saturated rings. The number of ether oxygens (including phenoxy) is 3.